The number of rotatable bonds is 5. The molecule has 1 fully saturated rings. The molecule has 1 aromatic heterocycles. The highest BCUT2D eigenvalue weighted by Crippen LogP contribution is 2.43. The van der Waals surface area contributed by atoms with E-state index in [0.29, 0.717) is 5.41 Å². The zero-order valence-electron chi connectivity index (χ0n) is 8.88. The summed E-state index contributed by atoms with van der Waals surface area (Å²) in [5.41, 5.74) is 0.598. The third kappa shape index (κ3) is 2.18. The molecule has 1 heterocycles. The lowest BCUT2D eigenvalue weighted by molar-refractivity contribution is 0.132. The molecule has 1 aliphatic rings. The summed E-state index contributed by atoms with van der Waals surface area (Å²) >= 11 is 1.90. The van der Waals surface area contributed by atoms with Crippen LogP contribution in [-0.2, 0) is 6.42 Å². The maximum absolute atomic E-state index is 3.51. The summed E-state index contributed by atoms with van der Waals surface area (Å²) in [6.45, 7) is 4.51. The molecule has 78 valence electrons. The Morgan fingerprint density at radius 3 is 2.86 bits per heavy atom. The van der Waals surface area contributed by atoms with Crippen LogP contribution in [0.15, 0.2) is 17.5 Å². The minimum atomic E-state index is 0.598. The summed E-state index contributed by atoms with van der Waals surface area (Å²) in [5, 5.41) is 5.70. The van der Waals surface area contributed by atoms with Gasteiger partial charge in [0.1, 0.15) is 0 Å². The Morgan fingerprint density at radius 2 is 2.36 bits per heavy atom. The van der Waals surface area contributed by atoms with Crippen LogP contribution in [0, 0.1) is 5.41 Å². The summed E-state index contributed by atoms with van der Waals surface area (Å²) < 4.78 is 0. The number of nitrogens with one attached hydrogen (secondary N) is 1. The van der Waals surface area contributed by atoms with E-state index in [1.165, 1.54) is 32.2 Å². The van der Waals surface area contributed by atoms with Gasteiger partial charge in [0.25, 0.3) is 0 Å². The van der Waals surface area contributed by atoms with Crippen LogP contribution >= 0.6 is 11.3 Å². The summed E-state index contributed by atoms with van der Waals surface area (Å²) in [6, 6.07) is 4.44. The van der Waals surface area contributed by atoms with E-state index in [1.54, 1.807) is 4.88 Å². The Balaban J connectivity index is 1.92. The average Bonchev–Trinajstić information content (AvgIpc) is 2.62. The molecule has 0 spiro atoms. The maximum atomic E-state index is 3.51. The predicted molar refractivity (Wildman–Crippen MR) is 62.9 cm³/mol. The third-order valence-electron chi connectivity index (χ3n) is 3.29. The highest BCUT2D eigenvalue weighted by molar-refractivity contribution is 7.09. The monoisotopic (exact) mass is 209 g/mol. The smallest absolute Gasteiger partial charge is 0.00512 e. The standard InChI is InChI=1S/C12H19NS/c1-2-13-10-12(6-4-7-12)9-11-5-3-8-14-11/h3,5,8,13H,2,4,6-7,9-10H2,1H3. The second kappa shape index (κ2) is 4.45. The first-order valence-corrected chi connectivity index (χ1v) is 6.46. The van der Waals surface area contributed by atoms with Crippen molar-refractivity contribution in [1.29, 1.82) is 0 Å². The summed E-state index contributed by atoms with van der Waals surface area (Å²) in [7, 11) is 0. The lowest BCUT2D eigenvalue weighted by Gasteiger charge is -2.42. The van der Waals surface area contributed by atoms with Gasteiger partial charge in [0.15, 0.2) is 0 Å². The quantitative estimate of drug-likeness (QED) is 0.786. The first-order valence-electron chi connectivity index (χ1n) is 5.58. The van der Waals surface area contributed by atoms with Crippen LogP contribution in [0.5, 0.6) is 0 Å². The predicted octanol–water partition coefficient (Wildman–Crippen LogP) is 3.07. The van der Waals surface area contributed by atoms with Crippen LogP contribution < -0.4 is 5.32 Å². The van der Waals surface area contributed by atoms with Crippen LogP contribution in [0.25, 0.3) is 0 Å². The van der Waals surface area contributed by atoms with Gasteiger partial charge in [-0.1, -0.05) is 19.4 Å². The molecule has 14 heavy (non-hydrogen) atoms. The molecule has 0 aliphatic heterocycles. The zero-order chi connectivity index (χ0) is 9.86. The third-order valence-corrected chi connectivity index (χ3v) is 4.17. The fourth-order valence-corrected chi connectivity index (χ4v) is 3.14. The van der Waals surface area contributed by atoms with Crippen molar-refractivity contribution in [3.63, 3.8) is 0 Å². The van der Waals surface area contributed by atoms with Crippen molar-refractivity contribution in [1.82, 2.24) is 5.32 Å². The maximum Gasteiger partial charge on any atom is 0.00512 e. The minimum Gasteiger partial charge on any atom is -0.316 e. The molecule has 1 nitrogen and oxygen atoms in total. The van der Waals surface area contributed by atoms with Crippen molar-refractivity contribution in [3.8, 4) is 0 Å². The highest BCUT2D eigenvalue weighted by atomic mass is 32.1. The molecule has 1 saturated carbocycles. The SMILES string of the molecule is CCNCC1(Cc2cccs2)CCC1. The van der Waals surface area contributed by atoms with Gasteiger partial charge in [-0.2, -0.15) is 0 Å². The molecule has 2 rings (SSSR count). The van der Waals surface area contributed by atoms with Gasteiger partial charge in [0, 0.05) is 11.4 Å². The van der Waals surface area contributed by atoms with E-state index in [2.05, 4.69) is 29.8 Å². The van der Waals surface area contributed by atoms with E-state index in [4.69, 9.17) is 0 Å². The van der Waals surface area contributed by atoms with E-state index in [0.717, 1.165) is 6.54 Å². The molecule has 1 N–H and O–H groups in total. The van der Waals surface area contributed by atoms with Gasteiger partial charge in [-0.25, -0.2) is 0 Å². The summed E-state index contributed by atoms with van der Waals surface area (Å²) in [4.78, 5) is 1.56. The second-order valence-corrected chi connectivity index (χ2v) is 5.42. The molecule has 0 aromatic carbocycles. The fourth-order valence-electron chi connectivity index (χ4n) is 2.27. The second-order valence-electron chi connectivity index (χ2n) is 4.39. The van der Waals surface area contributed by atoms with Crippen molar-refractivity contribution in [2.75, 3.05) is 13.1 Å². The van der Waals surface area contributed by atoms with Gasteiger partial charge in [0.05, 0.1) is 0 Å². The first kappa shape index (κ1) is 10.2. The van der Waals surface area contributed by atoms with Crippen LogP contribution in [0.2, 0.25) is 0 Å². The summed E-state index contributed by atoms with van der Waals surface area (Å²) in [5.74, 6) is 0. The van der Waals surface area contributed by atoms with E-state index >= 15 is 0 Å². The zero-order valence-corrected chi connectivity index (χ0v) is 9.70. The number of thiophene rings is 1. The van der Waals surface area contributed by atoms with Gasteiger partial charge < -0.3 is 5.32 Å². The Bertz CT molecular complexity index is 262. The van der Waals surface area contributed by atoms with Crippen molar-refractivity contribution in [2.24, 2.45) is 5.41 Å². The lowest BCUT2D eigenvalue weighted by Crippen LogP contribution is -2.41. The largest absolute Gasteiger partial charge is 0.316 e. The fraction of sp³-hybridized carbons (Fsp3) is 0.667. The van der Waals surface area contributed by atoms with Crippen LogP contribution in [0.4, 0.5) is 0 Å². The topological polar surface area (TPSA) is 12.0 Å². The van der Waals surface area contributed by atoms with Gasteiger partial charge >= 0.3 is 0 Å². The molecule has 0 saturated heterocycles. The first-order chi connectivity index (χ1) is 6.85. The van der Waals surface area contributed by atoms with E-state index in [-0.39, 0.29) is 0 Å². The highest BCUT2D eigenvalue weighted by Gasteiger charge is 2.36. The summed E-state index contributed by atoms with van der Waals surface area (Å²) in [6.07, 6.45) is 5.55. The van der Waals surface area contributed by atoms with Crippen molar-refractivity contribution in [2.45, 2.75) is 32.6 Å². The molecule has 2 heteroatoms. The minimum absolute atomic E-state index is 0.598. The Labute approximate surface area is 90.5 Å². The van der Waals surface area contributed by atoms with E-state index in [1.807, 2.05) is 11.3 Å². The Kier molecular flexibility index (Phi) is 3.24. The molecule has 1 aliphatic carbocycles. The molecule has 0 atom stereocenters. The van der Waals surface area contributed by atoms with Gasteiger partial charge in [0.2, 0.25) is 0 Å². The van der Waals surface area contributed by atoms with Gasteiger partial charge in [-0.3, -0.25) is 0 Å². The Hall–Kier alpha value is -0.340. The van der Waals surface area contributed by atoms with Gasteiger partial charge in [-0.15, -0.1) is 11.3 Å². The molecule has 0 radical (unpaired) electrons. The van der Waals surface area contributed by atoms with Gasteiger partial charge in [-0.05, 0) is 42.7 Å². The van der Waals surface area contributed by atoms with Crippen LogP contribution in [0.1, 0.15) is 31.1 Å². The lowest BCUT2D eigenvalue weighted by atomic mass is 9.66. The molecule has 0 unspecified atom stereocenters. The molecular formula is C12H19NS. The van der Waals surface area contributed by atoms with Crippen molar-refractivity contribution in [3.05, 3.63) is 22.4 Å². The number of hydrogen-bond donors (Lipinski definition) is 1. The molecule has 1 aromatic rings. The number of hydrogen-bond acceptors (Lipinski definition) is 2. The van der Waals surface area contributed by atoms with E-state index in [9.17, 15) is 0 Å². The molecule has 0 amide bonds. The van der Waals surface area contributed by atoms with Crippen LogP contribution in [0.3, 0.4) is 0 Å². The molecular weight excluding hydrogens is 190 g/mol. The van der Waals surface area contributed by atoms with Crippen molar-refractivity contribution < 1.29 is 0 Å². The van der Waals surface area contributed by atoms with Crippen LogP contribution in [-0.4, -0.2) is 13.1 Å². The molecule has 0 bridgehead atoms. The normalized spacial score (nSPS) is 19.2. The Morgan fingerprint density at radius 1 is 1.50 bits per heavy atom. The average molecular weight is 209 g/mol. The van der Waals surface area contributed by atoms with Crippen molar-refractivity contribution >= 4 is 11.3 Å². The van der Waals surface area contributed by atoms with E-state index < -0.39 is 0 Å².